The second-order valence-corrected chi connectivity index (χ2v) is 2.56. The average molecular weight is 167 g/mol. The number of rotatable bonds is 2. The van der Waals surface area contributed by atoms with Crippen LogP contribution in [0, 0.1) is 4.91 Å². The number of hydrogen-bond donors (Lipinski definition) is 1. The third kappa shape index (κ3) is 4.03. The third-order valence-corrected chi connectivity index (χ3v) is 1.84. The standard InChI is InChI=1S/C6H12N2O.K/c9-8-7-6-4-2-1-3-5-6;/h6H,1-5H2,(H,7,9);. The van der Waals surface area contributed by atoms with Gasteiger partial charge in [-0.3, -0.25) is 5.43 Å². The first-order valence-corrected chi connectivity index (χ1v) is 3.51. The summed E-state index contributed by atoms with van der Waals surface area (Å²) in [6, 6.07) is 0.372. The maximum Gasteiger partial charge on any atom is 0.0499 e. The summed E-state index contributed by atoms with van der Waals surface area (Å²) in [5, 5.41) is 2.66. The summed E-state index contributed by atoms with van der Waals surface area (Å²) in [6.07, 6.45) is 6.04. The quantitative estimate of drug-likeness (QED) is 0.381. The molecule has 1 saturated carbocycles. The molecule has 0 aliphatic heterocycles. The Morgan fingerprint density at radius 2 is 1.80 bits per heavy atom. The summed E-state index contributed by atoms with van der Waals surface area (Å²) in [7, 11) is 0. The van der Waals surface area contributed by atoms with E-state index in [4.69, 9.17) is 0 Å². The molecule has 0 aromatic carbocycles. The van der Waals surface area contributed by atoms with Crippen LogP contribution in [-0.2, 0) is 0 Å². The molecule has 0 aromatic rings. The Balaban J connectivity index is 0.000000810. The van der Waals surface area contributed by atoms with Crippen LogP contribution >= 0.6 is 0 Å². The summed E-state index contributed by atoms with van der Waals surface area (Å²) in [6.45, 7) is 0. The van der Waals surface area contributed by atoms with Gasteiger partial charge < -0.3 is 0 Å². The van der Waals surface area contributed by atoms with Gasteiger partial charge in [0.25, 0.3) is 0 Å². The Kier molecular flexibility index (Phi) is 7.43. The van der Waals surface area contributed by atoms with E-state index in [9.17, 15) is 4.91 Å². The van der Waals surface area contributed by atoms with Gasteiger partial charge in [-0.15, -0.1) is 4.91 Å². The minimum Gasteiger partial charge on any atom is -0.271 e. The van der Waals surface area contributed by atoms with Gasteiger partial charge in [-0.25, -0.2) is 0 Å². The topological polar surface area (TPSA) is 41.5 Å². The van der Waals surface area contributed by atoms with Gasteiger partial charge in [0.1, 0.15) is 0 Å². The van der Waals surface area contributed by atoms with Crippen molar-refractivity contribution in [3.05, 3.63) is 4.91 Å². The van der Waals surface area contributed by atoms with Crippen molar-refractivity contribution in [2.75, 3.05) is 0 Å². The van der Waals surface area contributed by atoms with Crippen molar-refractivity contribution in [3.8, 4) is 0 Å². The molecule has 0 bridgehead atoms. The minimum atomic E-state index is 0. The van der Waals surface area contributed by atoms with Gasteiger partial charge in [0, 0.05) is 62.7 Å². The molecule has 0 aromatic heterocycles. The van der Waals surface area contributed by atoms with E-state index >= 15 is 0 Å². The van der Waals surface area contributed by atoms with E-state index in [-0.39, 0.29) is 51.4 Å². The normalized spacial score (nSPS) is 19.2. The first kappa shape index (κ1) is 11.0. The number of nitrogens with one attached hydrogen (secondary N) is 1. The van der Waals surface area contributed by atoms with Crippen LogP contribution in [0.1, 0.15) is 32.1 Å². The number of hydrogen-bond acceptors (Lipinski definition) is 2. The van der Waals surface area contributed by atoms with Gasteiger partial charge in [-0.05, 0) is 12.8 Å². The Morgan fingerprint density at radius 1 is 1.20 bits per heavy atom. The second-order valence-electron chi connectivity index (χ2n) is 2.56. The van der Waals surface area contributed by atoms with Crippen molar-refractivity contribution in [2.45, 2.75) is 38.1 Å². The fourth-order valence-electron chi connectivity index (χ4n) is 1.31. The van der Waals surface area contributed by atoms with E-state index in [1.807, 2.05) is 0 Å². The first-order chi connectivity index (χ1) is 4.43. The zero-order valence-electron chi connectivity index (χ0n) is 6.47. The zero-order chi connectivity index (χ0) is 6.53. The van der Waals surface area contributed by atoms with Crippen LogP contribution in [0.2, 0.25) is 0 Å². The summed E-state index contributed by atoms with van der Waals surface area (Å²) in [5.41, 5.74) is 2.55. The zero-order valence-corrected chi connectivity index (χ0v) is 9.59. The van der Waals surface area contributed by atoms with Gasteiger partial charge >= 0.3 is 0 Å². The molecule has 0 amide bonds. The van der Waals surface area contributed by atoms with Crippen molar-refractivity contribution in [2.24, 2.45) is 5.29 Å². The summed E-state index contributed by atoms with van der Waals surface area (Å²) in [4.78, 5) is 9.71. The first-order valence-electron chi connectivity index (χ1n) is 3.51. The van der Waals surface area contributed by atoms with Gasteiger partial charge in [0.15, 0.2) is 0 Å². The van der Waals surface area contributed by atoms with E-state index in [1.165, 1.54) is 19.3 Å². The fraction of sp³-hybridized carbons (Fsp3) is 1.00. The second kappa shape index (κ2) is 6.73. The van der Waals surface area contributed by atoms with E-state index in [2.05, 4.69) is 10.7 Å². The fourth-order valence-corrected chi connectivity index (χ4v) is 1.31. The third-order valence-electron chi connectivity index (χ3n) is 1.84. The molecule has 0 spiro atoms. The number of nitrogens with zero attached hydrogens (tertiary/aromatic N) is 1. The molecule has 0 saturated heterocycles. The molecule has 0 heterocycles. The molecule has 1 aliphatic carbocycles. The van der Waals surface area contributed by atoms with Crippen LogP contribution in [0.5, 0.6) is 0 Å². The molecular weight excluding hydrogens is 155 g/mol. The maximum absolute atomic E-state index is 9.71. The molecule has 10 heavy (non-hydrogen) atoms. The number of nitroso groups, excluding NO2 is 1. The summed E-state index contributed by atoms with van der Waals surface area (Å²) < 4.78 is 0. The molecule has 1 N–H and O–H groups in total. The van der Waals surface area contributed by atoms with Crippen LogP contribution in [0.4, 0.5) is 0 Å². The molecule has 0 unspecified atom stereocenters. The molecule has 53 valence electrons. The molecule has 1 rings (SSSR count). The molecular formula is C6H12KN2O. The van der Waals surface area contributed by atoms with Crippen molar-refractivity contribution in [3.63, 3.8) is 0 Å². The van der Waals surface area contributed by atoms with Crippen molar-refractivity contribution < 1.29 is 0 Å². The van der Waals surface area contributed by atoms with Gasteiger partial charge in [-0.2, -0.15) is 0 Å². The van der Waals surface area contributed by atoms with Gasteiger partial charge in [0.2, 0.25) is 0 Å². The van der Waals surface area contributed by atoms with Crippen LogP contribution in [0.25, 0.3) is 0 Å². The van der Waals surface area contributed by atoms with Gasteiger partial charge in [0.05, 0.1) is 0 Å². The van der Waals surface area contributed by atoms with Crippen LogP contribution in [0.3, 0.4) is 0 Å². The van der Waals surface area contributed by atoms with Crippen molar-refractivity contribution in [1.82, 2.24) is 5.43 Å². The largest absolute Gasteiger partial charge is 0.271 e. The molecule has 0 atom stereocenters. The smallest absolute Gasteiger partial charge is 0.0499 e. The summed E-state index contributed by atoms with van der Waals surface area (Å²) >= 11 is 0. The SMILES string of the molecule is O=NNC1CCCCC1.[K]. The van der Waals surface area contributed by atoms with Crippen molar-refractivity contribution in [1.29, 1.82) is 0 Å². The molecule has 3 nitrogen and oxygen atoms in total. The van der Waals surface area contributed by atoms with E-state index in [0.29, 0.717) is 6.04 Å². The molecule has 1 fully saturated rings. The van der Waals surface area contributed by atoms with Crippen LogP contribution < -0.4 is 5.43 Å². The van der Waals surface area contributed by atoms with Crippen LogP contribution in [-0.4, -0.2) is 57.4 Å². The maximum atomic E-state index is 9.71. The molecule has 1 radical (unpaired) electrons. The Morgan fingerprint density at radius 3 is 2.30 bits per heavy atom. The van der Waals surface area contributed by atoms with E-state index in [0.717, 1.165) is 12.8 Å². The average Bonchev–Trinajstić information content (AvgIpc) is 1.91. The molecule has 4 heteroatoms. The molecule has 1 aliphatic rings. The predicted molar refractivity (Wildman–Crippen MR) is 41.6 cm³/mol. The van der Waals surface area contributed by atoms with E-state index in [1.54, 1.807) is 0 Å². The Labute approximate surface area is 104 Å². The monoisotopic (exact) mass is 167 g/mol. The van der Waals surface area contributed by atoms with Crippen LogP contribution in [0.15, 0.2) is 5.29 Å². The van der Waals surface area contributed by atoms with Crippen molar-refractivity contribution >= 4 is 51.4 Å². The van der Waals surface area contributed by atoms with Gasteiger partial charge in [-0.1, -0.05) is 19.3 Å². The predicted octanol–water partition coefficient (Wildman–Crippen LogP) is 1.21. The summed E-state index contributed by atoms with van der Waals surface area (Å²) in [5.74, 6) is 0. The van der Waals surface area contributed by atoms with E-state index < -0.39 is 0 Å². The Bertz CT molecular complexity index is 93.7. The Hall–Kier alpha value is 1.04. The minimum absolute atomic E-state index is 0.